The number of ether oxygens (including phenoxy) is 1. The average Bonchev–Trinajstić information content (AvgIpc) is 3.60. The van der Waals surface area contributed by atoms with E-state index < -0.39 is 29.5 Å². The molecule has 1 saturated heterocycles. The third-order valence-electron chi connectivity index (χ3n) is 6.58. The Bertz CT molecular complexity index is 1420. The zero-order valence-corrected chi connectivity index (χ0v) is 20.6. The molecule has 5 rings (SSSR count). The summed E-state index contributed by atoms with van der Waals surface area (Å²) >= 11 is 0. The zero-order chi connectivity index (χ0) is 26.5. The lowest BCUT2D eigenvalue weighted by atomic mass is 10.0. The van der Waals surface area contributed by atoms with Crippen LogP contribution in [0.4, 0.5) is 8.78 Å². The van der Waals surface area contributed by atoms with Crippen molar-refractivity contribution in [2.75, 3.05) is 13.2 Å². The topological polar surface area (TPSA) is 89.4 Å². The number of aromatic nitrogens is 3. The van der Waals surface area contributed by atoms with Crippen LogP contribution in [0.5, 0.6) is 0 Å². The monoisotopic (exact) mass is 519 g/mol. The van der Waals surface area contributed by atoms with Crippen LogP contribution in [-0.2, 0) is 27.4 Å². The predicted molar refractivity (Wildman–Crippen MR) is 136 cm³/mol. The Balaban J connectivity index is 1.50. The van der Waals surface area contributed by atoms with Gasteiger partial charge in [0.15, 0.2) is 0 Å². The number of benzene rings is 3. The van der Waals surface area contributed by atoms with Gasteiger partial charge in [-0.1, -0.05) is 47.7 Å². The zero-order valence-electron chi connectivity index (χ0n) is 20.6. The SMILES string of the molecule is O=C(NC[C@@H]1CCCO1)[C@@H](c1ccccc1F)N(Cc1ccc(F)cc1)C(=O)Cn1nnc2ccccc21. The van der Waals surface area contributed by atoms with Gasteiger partial charge in [0.25, 0.3) is 0 Å². The smallest absolute Gasteiger partial charge is 0.247 e. The molecule has 0 saturated carbocycles. The van der Waals surface area contributed by atoms with Crippen molar-refractivity contribution in [3.05, 3.63) is 95.6 Å². The number of carbonyl (C=O) groups excluding carboxylic acids is 2. The molecule has 1 fully saturated rings. The van der Waals surface area contributed by atoms with E-state index in [1.165, 1.54) is 52.0 Å². The number of fused-ring (bicyclic) bond motifs is 1. The highest BCUT2D eigenvalue weighted by Crippen LogP contribution is 2.27. The second-order valence-corrected chi connectivity index (χ2v) is 9.19. The van der Waals surface area contributed by atoms with E-state index in [9.17, 15) is 14.0 Å². The highest BCUT2D eigenvalue weighted by Gasteiger charge is 2.34. The fourth-order valence-corrected chi connectivity index (χ4v) is 4.63. The molecule has 8 nitrogen and oxygen atoms in total. The summed E-state index contributed by atoms with van der Waals surface area (Å²) in [6, 6.07) is 17.4. The first-order chi connectivity index (χ1) is 18.5. The summed E-state index contributed by atoms with van der Waals surface area (Å²) in [6.45, 7) is 0.582. The number of nitrogens with zero attached hydrogens (tertiary/aromatic N) is 4. The van der Waals surface area contributed by atoms with Gasteiger partial charge in [0, 0.05) is 25.3 Å². The van der Waals surface area contributed by atoms with Gasteiger partial charge >= 0.3 is 0 Å². The van der Waals surface area contributed by atoms with Crippen LogP contribution < -0.4 is 5.32 Å². The summed E-state index contributed by atoms with van der Waals surface area (Å²) < 4.78 is 35.8. The van der Waals surface area contributed by atoms with E-state index >= 15 is 4.39 Å². The first-order valence-corrected chi connectivity index (χ1v) is 12.5. The predicted octanol–water partition coefficient (Wildman–Crippen LogP) is 3.77. The number of para-hydroxylation sites is 1. The van der Waals surface area contributed by atoms with E-state index in [1.807, 2.05) is 12.1 Å². The number of rotatable bonds is 9. The van der Waals surface area contributed by atoms with Crippen LogP contribution in [0, 0.1) is 11.6 Å². The van der Waals surface area contributed by atoms with Crippen LogP contribution in [-0.4, -0.2) is 51.0 Å². The average molecular weight is 520 g/mol. The van der Waals surface area contributed by atoms with Gasteiger partial charge in [-0.25, -0.2) is 13.5 Å². The van der Waals surface area contributed by atoms with E-state index in [4.69, 9.17) is 4.74 Å². The highest BCUT2D eigenvalue weighted by molar-refractivity contribution is 5.89. The number of nitrogens with one attached hydrogen (secondary N) is 1. The normalized spacial score (nSPS) is 15.9. The minimum atomic E-state index is -1.29. The van der Waals surface area contributed by atoms with Crippen molar-refractivity contribution in [2.45, 2.75) is 38.1 Å². The molecule has 0 aliphatic carbocycles. The second-order valence-electron chi connectivity index (χ2n) is 9.19. The minimum absolute atomic E-state index is 0.0521. The Morgan fingerprint density at radius 3 is 2.58 bits per heavy atom. The Kier molecular flexibility index (Phi) is 7.69. The molecule has 196 valence electrons. The molecule has 38 heavy (non-hydrogen) atoms. The van der Waals surface area contributed by atoms with Gasteiger partial charge in [-0.15, -0.1) is 5.10 Å². The van der Waals surface area contributed by atoms with Gasteiger partial charge in [0.1, 0.15) is 29.7 Å². The molecule has 2 heterocycles. The lowest BCUT2D eigenvalue weighted by Gasteiger charge is -2.32. The van der Waals surface area contributed by atoms with E-state index in [-0.39, 0.29) is 31.3 Å². The summed E-state index contributed by atoms with van der Waals surface area (Å²) in [5.41, 5.74) is 1.89. The van der Waals surface area contributed by atoms with Gasteiger partial charge in [-0.2, -0.15) is 0 Å². The third kappa shape index (κ3) is 5.70. The van der Waals surface area contributed by atoms with Crippen molar-refractivity contribution < 1.29 is 23.1 Å². The first-order valence-electron chi connectivity index (χ1n) is 12.5. The molecule has 0 spiro atoms. The molecule has 1 aliphatic heterocycles. The maximum atomic E-state index is 15.1. The van der Waals surface area contributed by atoms with Gasteiger partial charge in [-0.3, -0.25) is 9.59 Å². The lowest BCUT2D eigenvalue weighted by molar-refractivity contribution is -0.142. The Morgan fingerprint density at radius 1 is 1.05 bits per heavy atom. The summed E-state index contributed by atoms with van der Waals surface area (Å²) in [5.74, 6) is -2.07. The van der Waals surface area contributed by atoms with E-state index in [0.29, 0.717) is 23.2 Å². The van der Waals surface area contributed by atoms with Crippen molar-refractivity contribution in [3.8, 4) is 0 Å². The quantitative estimate of drug-likeness (QED) is 0.364. The van der Waals surface area contributed by atoms with Crippen LogP contribution in [0.1, 0.15) is 30.0 Å². The van der Waals surface area contributed by atoms with Crippen LogP contribution >= 0.6 is 0 Å². The Morgan fingerprint density at radius 2 is 1.82 bits per heavy atom. The lowest BCUT2D eigenvalue weighted by Crippen LogP contribution is -2.46. The van der Waals surface area contributed by atoms with Crippen molar-refractivity contribution in [1.82, 2.24) is 25.2 Å². The fraction of sp³-hybridized carbons (Fsp3) is 0.286. The third-order valence-corrected chi connectivity index (χ3v) is 6.58. The first kappa shape index (κ1) is 25.5. The van der Waals surface area contributed by atoms with E-state index in [0.717, 1.165) is 12.8 Å². The van der Waals surface area contributed by atoms with Crippen LogP contribution in [0.2, 0.25) is 0 Å². The number of carbonyl (C=O) groups is 2. The molecular formula is C28H27F2N5O3. The van der Waals surface area contributed by atoms with E-state index in [1.54, 1.807) is 18.2 Å². The fourth-order valence-electron chi connectivity index (χ4n) is 4.63. The van der Waals surface area contributed by atoms with Gasteiger partial charge in [-0.05, 0) is 48.7 Å². The second kappa shape index (κ2) is 11.5. The minimum Gasteiger partial charge on any atom is -0.376 e. The molecule has 1 N–H and O–H groups in total. The molecule has 0 unspecified atom stereocenters. The number of hydrogen-bond donors (Lipinski definition) is 1. The molecule has 1 aliphatic rings. The van der Waals surface area contributed by atoms with Crippen molar-refractivity contribution in [2.24, 2.45) is 0 Å². The molecule has 4 aromatic rings. The van der Waals surface area contributed by atoms with Gasteiger partial charge < -0.3 is 15.0 Å². The molecule has 2 atom stereocenters. The number of hydrogen-bond acceptors (Lipinski definition) is 5. The summed E-state index contributed by atoms with van der Waals surface area (Å²) in [4.78, 5) is 28.8. The maximum Gasteiger partial charge on any atom is 0.247 e. The highest BCUT2D eigenvalue weighted by atomic mass is 19.1. The van der Waals surface area contributed by atoms with Gasteiger partial charge in [0.05, 0.1) is 11.6 Å². The summed E-state index contributed by atoms with van der Waals surface area (Å²) in [5, 5.41) is 11.0. The maximum absolute atomic E-state index is 15.1. The molecule has 0 radical (unpaired) electrons. The Labute approximate surface area is 218 Å². The van der Waals surface area contributed by atoms with Crippen molar-refractivity contribution in [3.63, 3.8) is 0 Å². The molecular weight excluding hydrogens is 492 g/mol. The molecule has 2 amide bonds. The standard InChI is InChI=1S/C28H27F2N5O3/c29-20-13-11-19(12-14-20)17-34(26(36)18-35-25-10-4-3-9-24(25)32-33-35)27(22-7-1-2-8-23(22)30)28(37)31-16-21-6-5-15-38-21/h1-4,7-14,21,27H,5-6,15-18H2,(H,31,37)/t21-,27+/m0/s1. The Hall–Kier alpha value is -4.18. The van der Waals surface area contributed by atoms with Crippen LogP contribution in [0.3, 0.4) is 0 Å². The van der Waals surface area contributed by atoms with Gasteiger partial charge in [0.2, 0.25) is 11.8 Å². The molecule has 10 heteroatoms. The largest absolute Gasteiger partial charge is 0.376 e. The number of halogens is 2. The molecule has 3 aromatic carbocycles. The molecule has 0 bridgehead atoms. The summed E-state index contributed by atoms with van der Waals surface area (Å²) in [7, 11) is 0. The van der Waals surface area contributed by atoms with Crippen LogP contribution in [0.15, 0.2) is 72.8 Å². The molecule has 1 aromatic heterocycles. The summed E-state index contributed by atoms with van der Waals surface area (Å²) in [6.07, 6.45) is 1.57. The van der Waals surface area contributed by atoms with Crippen molar-refractivity contribution in [1.29, 1.82) is 0 Å². The number of amides is 2. The van der Waals surface area contributed by atoms with Crippen LogP contribution in [0.25, 0.3) is 11.0 Å². The van der Waals surface area contributed by atoms with Crippen molar-refractivity contribution >= 4 is 22.8 Å². The van der Waals surface area contributed by atoms with E-state index in [2.05, 4.69) is 15.6 Å².